The second kappa shape index (κ2) is 5.81. The molecular weight excluding hydrogens is 250 g/mol. The lowest BCUT2D eigenvalue weighted by atomic mass is 9.90. The Labute approximate surface area is 122 Å². The van der Waals surface area contributed by atoms with Gasteiger partial charge in [-0.05, 0) is 30.5 Å². The molecule has 1 saturated carbocycles. The maximum atomic E-state index is 3.37. The van der Waals surface area contributed by atoms with Crippen LogP contribution in [0.2, 0.25) is 0 Å². The second-order valence-corrected chi connectivity index (χ2v) is 5.22. The summed E-state index contributed by atoms with van der Waals surface area (Å²) in [5.74, 6) is 0.661. The van der Waals surface area contributed by atoms with Gasteiger partial charge in [-0.25, -0.2) is 0 Å². The number of benzene rings is 2. The summed E-state index contributed by atoms with van der Waals surface area (Å²) < 4.78 is 0. The predicted octanol–water partition coefficient (Wildman–Crippen LogP) is 3.44. The molecule has 2 atom stereocenters. The van der Waals surface area contributed by atoms with E-state index in [9.17, 15) is 0 Å². The number of likely N-dealkylation sites (N-methyl/N-ethyl adjacent to an activating group) is 1. The van der Waals surface area contributed by atoms with Crippen LogP contribution in [-0.2, 0) is 5.41 Å². The van der Waals surface area contributed by atoms with Gasteiger partial charge in [0.25, 0.3) is 0 Å². The summed E-state index contributed by atoms with van der Waals surface area (Å²) in [6.07, 6.45) is 1.25. The number of nitrogens with one attached hydrogen (secondary N) is 1. The van der Waals surface area contributed by atoms with Gasteiger partial charge < -0.3 is 5.32 Å². The van der Waals surface area contributed by atoms with E-state index in [0.29, 0.717) is 11.3 Å². The lowest BCUT2D eigenvalue weighted by molar-refractivity contribution is 0.605. The Hall–Kier alpha value is -1.25. The quantitative estimate of drug-likeness (QED) is 0.898. The highest BCUT2D eigenvalue weighted by Crippen LogP contribution is 2.59. The van der Waals surface area contributed by atoms with Crippen LogP contribution in [0.4, 0.5) is 0 Å². The highest BCUT2D eigenvalue weighted by Gasteiger charge is 2.55. The van der Waals surface area contributed by atoms with Crippen LogP contribution >= 0.6 is 13.5 Å². The molecule has 2 aromatic carbocycles. The molecule has 0 heterocycles. The Balaban J connectivity index is 0.00000133. The third kappa shape index (κ3) is 2.56. The summed E-state index contributed by atoms with van der Waals surface area (Å²) in [5, 5.41) is 3.37. The number of hydrogen-bond donors (Lipinski definition) is 1. The Morgan fingerprint density at radius 1 is 1.00 bits per heavy atom. The largest absolute Gasteiger partial charge is 0.319 e. The lowest BCUT2D eigenvalue weighted by Gasteiger charge is -2.18. The van der Waals surface area contributed by atoms with E-state index in [4.69, 9.17) is 0 Å². The fourth-order valence-corrected chi connectivity index (χ4v) is 3.13. The number of rotatable bonds is 4. The first-order valence-electron chi connectivity index (χ1n) is 6.62. The van der Waals surface area contributed by atoms with Crippen molar-refractivity contribution in [1.29, 1.82) is 0 Å². The standard InChI is InChI=1S/C17H19N.H2S/c1-18-13-17(15-10-6-3-7-11-15)12-16(17)14-8-4-2-5-9-14;/h2-11,16,18H,12-13H2,1H3;1H2/t16?,17-;/m0./s1. The van der Waals surface area contributed by atoms with Crippen LogP contribution < -0.4 is 5.32 Å². The van der Waals surface area contributed by atoms with Gasteiger partial charge in [-0.3, -0.25) is 0 Å². The van der Waals surface area contributed by atoms with E-state index in [0.717, 1.165) is 6.54 Å². The SMILES string of the molecule is CNC[C@]1(c2ccccc2)CC1c1ccccc1.S. The Kier molecular flexibility index (Phi) is 4.33. The molecule has 2 aromatic rings. The summed E-state index contributed by atoms with van der Waals surface area (Å²) in [5.41, 5.74) is 3.24. The number of hydrogen-bond acceptors (Lipinski definition) is 1. The molecule has 0 aromatic heterocycles. The van der Waals surface area contributed by atoms with E-state index in [1.54, 1.807) is 0 Å². The van der Waals surface area contributed by atoms with Crippen molar-refractivity contribution in [1.82, 2.24) is 5.32 Å². The van der Waals surface area contributed by atoms with Crippen LogP contribution in [0.5, 0.6) is 0 Å². The lowest BCUT2D eigenvalue weighted by Crippen LogP contribution is -2.25. The minimum atomic E-state index is 0. The molecule has 0 spiro atoms. The molecule has 1 fully saturated rings. The molecule has 19 heavy (non-hydrogen) atoms. The van der Waals surface area contributed by atoms with Crippen LogP contribution in [0, 0.1) is 0 Å². The van der Waals surface area contributed by atoms with Crippen molar-refractivity contribution >= 4 is 13.5 Å². The average Bonchev–Trinajstić information content (AvgIpc) is 3.17. The molecule has 0 aliphatic heterocycles. The maximum absolute atomic E-state index is 3.37. The molecule has 0 radical (unpaired) electrons. The van der Waals surface area contributed by atoms with Gasteiger partial charge in [-0.15, -0.1) is 0 Å². The van der Waals surface area contributed by atoms with Gasteiger partial charge in [0, 0.05) is 12.0 Å². The van der Waals surface area contributed by atoms with Crippen molar-refractivity contribution in [3.8, 4) is 0 Å². The first-order valence-corrected chi connectivity index (χ1v) is 6.62. The fourth-order valence-electron chi connectivity index (χ4n) is 3.13. The topological polar surface area (TPSA) is 12.0 Å². The van der Waals surface area contributed by atoms with Crippen molar-refractivity contribution in [3.63, 3.8) is 0 Å². The first-order chi connectivity index (χ1) is 8.87. The van der Waals surface area contributed by atoms with Crippen molar-refractivity contribution in [2.75, 3.05) is 13.6 Å². The molecule has 1 nitrogen and oxygen atoms in total. The van der Waals surface area contributed by atoms with Crippen LogP contribution in [0.25, 0.3) is 0 Å². The molecule has 1 N–H and O–H groups in total. The highest BCUT2D eigenvalue weighted by atomic mass is 32.1. The smallest absolute Gasteiger partial charge is 0.0153 e. The second-order valence-electron chi connectivity index (χ2n) is 5.22. The molecule has 0 amide bonds. The Morgan fingerprint density at radius 2 is 1.58 bits per heavy atom. The fraction of sp³-hybridized carbons (Fsp3) is 0.294. The van der Waals surface area contributed by atoms with Crippen molar-refractivity contribution < 1.29 is 0 Å². The molecule has 0 bridgehead atoms. The van der Waals surface area contributed by atoms with E-state index in [2.05, 4.69) is 66.0 Å². The minimum absolute atomic E-state index is 0. The van der Waals surface area contributed by atoms with Crippen molar-refractivity contribution in [2.45, 2.75) is 17.8 Å². The normalized spacial score (nSPS) is 24.6. The third-order valence-electron chi connectivity index (χ3n) is 4.12. The maximum Gasteiger partial charge on any atom is 0.0153 e. The summed E-state index contributed by atoms with van der Waals surface area (Å²) in [6.45, 7) is 1.05. The average molecular weight is 271 g/mol. The Morgan fingerprint density at radius 3 is 2.16 bits per heavy atom. The molecule has 1 aliphatic carbocycles. The van der Waals surface area contributed by atoms with Crippen LogP contribution in [0.1, 0.15) is 23.5 Å². The molecular formula is C17H21NS. The zero-order valence-electron chi connectivity index (χ0n) is 11.3. The molecule has 100 valence electrons. The third-order valence-corrected chi connectivity index (χ3v) is 4.12. The van der Waals surface area contributed by atoms with Crippen LogP contribution in [0.15, 0.2) is 60.7 Å². The summed E-state index contributed by atoms with van der Waals surface area (Å²) in [6, 6.07) is 21.8. The van der Waals surface area contributed by atoms with Crippen LogP contribution in [-0.4, -0.2) is 13.6 Å². The molecule has 0 saturated heterocycles. The predicted molar refractivity (Wildman–Crippen MR) is 86.2 cm³/mol. The summed E-state index contributed by atoms with van der Waals surface area (Å²) in [7, 11) is 2.05. The van der Waals surface area contributed by atoms with E-state index in [-0.39, 0.29) is 13.5 Å². The minimum Gasteiger partial charge on any atom is -0.319 e. The summed E-state index contributed by atoms with van der Waals surface area (Å²) >= 11 is 0. The van der Waals surface area contributed by atoms with E-state index in [1.165, 1.54) is 17.5 Å². The zero-order chi connectivity index (χ0) is 12.4. The van der Waals surface area contributed by atoms with Gasteiger partial charge in [-0.1, -0.05) is 60.7 Å². The van der Waals surface area contributed by atoms with Crippen molar-refractivity contribution in [3.05, 3.63) is 71.8 Å². The van der Waals surface area contributed by atoms with Gasteiger partial charge in [0.15, 0.2) is 0 Å². The van der Waals surface area contributed by atoms with Gasteiger partial charge >= 0.3 is 0 Å². The van der Waals surface area contributed by atoms with E-state index >= 15 is 0 Å². The van der Waals surface area contributed by atoms with Crippen LogP contribution in [0.3, 0.4) is 0 Å². The van der Waals surface area contributed by atoms with Gasteiger partial charge in [0.2, 0.25) is 0 Å². The molecule has 1 aliphatic rings. The summed E-state index contributed by atoms with van der Waals surface area (Å²) in [4.78, 5) is 0. The van der Waals surface area contributed by atoms with Gasteiger partial charge in [0.1, 0.15) is 0 Å². The molecule has 1 unspecified atom stereocenters. The van der Waals surface area contributed by atoms with Gasteiger partial charge in [0.05, 0.1) is 0 Å². The highest BCUT2D eigenvalue weighted by molar-refractivity contribution is 7.59. The van der Waals surface area contributed by atoms with Crippen molar-refractivity contribution in [2.24, 2.45) is 0 Å². The van der Waals surface area contributed by atoms with E-state index < -0.39 is 0 Å². The van der Waals surface area contributed by atoms with Gasteiger partial charge in [-0.2, -0.15) is 13.5 Å². The molecule has 3 rings (SSSR count). The van der Waals surface area contributed by atoms with E-state index in [1.807, 2.05) is 7.05 Å². The first kappa shape index (κ1) is 14.2. The molecule has 2 heteroatoms. The Bertz CT molecular complexity index is 511. The zero-order valence-corrected chi connectivity index (χ0v) is 12.3. The monoisotopic (exact) mass is 271 g/mol.